The van der Waals surface area contributed by atoms with Gasteiger partial charge in [-0.1, -0.05) is 6.92 Å². The summed E-state index contributed by atoms with van der Waals surface area (Å²) in [7, 11) is 0. The molecule has 0 aromatic rings. The zero-order valence-corrected chi connectivity index (χ0v) is 8.38. The lowest BCUT2D eigenvalue weighted by molar-refractivity contribution is -0.202. The number of nitrogens with one attached hydrogen (secondary N) is 1. The van der Waals surface area contributed by atoms with Gasteiger partial charge in [-0.05, 0) is 0 Å². The van der Waals surface area contributed by atoms with Crippen molar-refractivity contribution in [2.75, 3.05) is 26.3 Å². The fourth-order valence-electron chi connectivity index (χ4n) is 0.788. The molecule has 0 spiro atoms. The minimum atomic E-state index is -4.65. The average Bonchev–Trinajstić information content (AvgIpc) is 2.16. The molecule has 0 saturated heterocycles. The lowest BCUT2D eigenvalue weighted by atomic mass is 9.93. The number of aliphatic hydroxyl groups is 3. The third kappa shape index (κ3) is 5.31. The fourth-order valence-corrected chi connectivity index (χ4v) is 0.788. The molecule has 4 nitrogen and oxygen atoms in total. The van der Waals surface area contributed by atoms with Crippen LogP contribution in [-0.4, -0.2) is 53.9 Å². The van der Waals surface area contributed by atoms with Crippen molar-refractivity contribution in [3.8, 4) is 0 Å². The molecule has 4 N–H and O–H groups in total. The van der Waals surface area contributed by atoms with Crippen LogP contribution in [0.4, 0.5) is 13.2 Å². The maximum absolute atomic E-state index is 11.8. The molecule has 0 aliphatic rings. The van der Waals surface area contributed by atoms with E-state index >= 15 is 0 Å². The van der Waals surface area contributed by atoms with Gasteiger partial charge in [-0.2, -0.15) is 13.2 Å². The highest BCUT2D eigenvalue weighted by atomic mass is 19.4. The van der Waals surface area contributed by atoms with E-state index in [0.29, 0.717) is 0 Å². The third-order valence-electron chi connectivity index (χ3n) is 2.03. The smallest absolute Gasteiger partial charge is 0.396 e. The van der Waals surface area contributed by atoms with Crippen molar-refractivity contribution in [1.82, 2.24) is 5.32 Å². The van der Waals surface area contributed by atoms with Crippen molar-refractivity contribution in [1.29, 1.82) is 0 Å². The second kappa shape index (κ2) is 5.64. The van der Waals surface area contributed by atoms with Gasteiger partial charge >= 0.3 is 6.18 Å². The van der Waals surface area contributed by atoms with E-state index in [-0.39, 0.29) is 19.8 Å². The minimum absolute atomic E-state index is 0.00681. The van der Waals surface area contributed by atoms with Gasteiger partial charge in [0, 0.05) is 18.5 Å². The molecular weight excluding hydrogens is 215 g/mol. The Morgan fingerprint density at radius 1 is 1.20 bits per heavy atom. The van der Waals surface area contributed by atoms with Crippen molar-refractivity contribution in [3.63, 3.8) is 0 Å². The van der Waals surface area contributed by atoms with E-state index in [1.165, 1.54) is 6.92 Å². The van der Waals surface area contributed by atoms with E-state index in [1.54, 1.807) is 0 Å². The van der Waals surface area contributed by atoms with E-state index in [4.69, 9.17) is 15.3 Å². The summed E-state index contributed by atoms with van der Waals surface area (Å²) in [6, 6.07) is 0. The Bertz CT molecular complexity index is 182. The van der Waals surface area contributed by atoms with E-state index in [9.17, 15) is 13.2 Å². The minimum Gasteiger partial charge on any atom is -0.396 e. The van der Waals surface area contributed by atoms with Crippen LogP contribution in [0.2, 0.25) is 0 Å². The lowest BCUT2D eigenvalue weighted by Crippen LogP contribution is -2.44. The van der Waals surface area contributed by atoms with Gasteiger partial charge in [0.15, 0.2) is 6.10 Å². The van der Waals surface area contributed by atoms with Crippen LogP contribution in [0.3, 0.4) is 0 Å². The Morgan fingerprint density at radius 2 is 1.67 bits per heavy atom. The van der Waals surface area contributed by atoms with Crippen LogP contribution >= 0.6 is 0 Å². The number of rotatable bonds is 6. The number of hydrogen-bond acceptors (Lipinski definition) is 4. The predicted molar refractivity (Wildman–Crippen MR) is 47.2 cm³/mol. The Kier molecular flexibility index (Phi) is 5.50. The molecule has 15 heavy (non-hydrogen) atoms. The second-order valence-corrected chi connectivity index (χ2v) is 3.82. The van der Waals surface area contributed by atoms with Crippen molar-refractivity contribution in [2.24, 2.45) is 5.41 Å². The van der Waals surface area contributed by atoms with E-state index < -0.39 is 24.2 Å². The highest BCUT2D eigenvalue weighted by Crippen LogP contribution is 2.19. The Hall–Kier alpha value is -0.370. The first-order valence-corrected chi connectivity index (χ1v) is 4.42. The molecule has 0 aliphatic heterocycles. The zero-order valence-electron chi connectivity index (χ0n) is 8.38. The molecule has 0 radical (unpaired) electrons. The molecule has 0 aliphatic carbocycles. The van der Waals surface area contributed by atoms with E-state index in [1.807, 2.05) is 0 Å². The maximum atomic E-state index is 11.8. The third-order valence-corrected chi connectivity index (χ3v) is 2.03. The van der Waals surface area contributed by atoms with Crippen LogP contribution in [0.5, 0.6) is 0 Å². The number of aliphatic hydroxyl groups excluding tert-OH is 3. The Labute approximate surface area is 85.7 Å². The number of alkyl halides is 3. The first-order chi connectivity index (χ1) is 6.75. The molecule has 1 unspecified atom stereocenters. The van der Waals surface area contributed by atoms with Crippen LogP contribution < -0.4 is 5.32 Å². The van der Waals surface area contributed by atoms with E-state index in [0.717, 1.165) is 0 Å². The maximum Gasteiger partial charge on any atom is 0.415 e. The average molecular weight is 231 g/mol. The summed E-state index contributed by atoms with van der Waals surface area (Å²) in [6.07, 6.45) is -7.08. The first kappa shape index (κ1) is 14.6. The van der Waals surface area contributed by atoms with Gasteiger partial charge in [-0.15, -0.1) is 0 Å². The molecule has 0 saturated carbocycles. The van der Waals surface area contributed by atoms with Gasteiger partial charge in [0.1, 0.15) is 0 Å². The van der Waals surface area contributed by atoms with Gasteiger partial charge < -0.3 is 20.6 Å². The Morgan fingerprint density at radius 3 is 2.00 bits per heavy atom. The summed E-state index contributed by atoms with van der Waals surface area (Å²) < 4.78 is 35.5. The standard InChI is InChI=1S/C8H16F3NO3/c1-7(4-13,5-14)3-12-2-6(15)8(9,10)11/h6,12-15H,2-5H2,1H3. The molecule has 0 amide bonds. The summed E-state index contributed by atoms with van der Waals surface area (Å²) in [5, 5.41) is 28.6. The summed E-state index contributed by atoms with van der Waals surface area (Å²) in [5.41, 5.74) is -0.884. The zero-order chi connectivity index (χ0) is 12.1. The summed E-state index contributed by atoms with van der Waals surface area (Å²) in [5.74, 6) is 0. The largest absolute Gasteiger partial charge is 0.415 e. The molecule has 0 heterocycles. The van der Waals surface area contributed by atoms with Gasteiger partial charge in [-0.25, -0.2) is 0 Å². The van der Waals surface area contributed by atoms with Gasteiger partial charge in [0.25, 0.3) is 0 Å². The molecule has 7 heteroatoms. The molecular formula is C8H16F3NO3. The van der Waals surface area contributed by atoms with E-state index in [2.05, 4.69) is 5.32 Å². The number of hydrogen-bond donors (Lipinski definition) is 4. The number of halogens is 3. The van der Waals surface area contributed by atoms with Crippen LogP contribution in [-0.2, 0) is 0 Å². The Balaban J connectivity index is 3.89. The molecule has 0 aromatic heterocycles. The monoisotopic (exact) mass is 231 g/mol. The molecule has 92 valence electrons. The van der Waals surface area contributed by atoms with Crippen LogP contribution in [0, 0.1) is 5.41 Å². The van der Waals surface area contributed by atoms with Crippen molar-refractivity contribution in [3.05, 3.63) is 0 Å². The second-order valence-electron chi connectivity index (χ2n) is 3.82. The van der Waals surface area contributed by atoms with Crippen LogP contribution in [0.1, 0.15) is 6.92 Å². The van der Waals surface area contributed by atoms with Crippen LogP contribution in [0.15, 0.2) is 0 Å². The predicted octanol–water partition coefficient (Wildman–Crippen LogP) is -0.510. The lowest BCUT2D eigenvalue weighted by Gasteiger charge is -2.25. The normalized spacial score (nSPS) is 15.4. The SMILES string of the molecule is CC(CO)(CO)CNCC(O)C(F)(F)F. The fraction of sp³-hybridized carbons (Fsp3) is 1.00. The van der Waals surface area contributed by atoms with Crippen LogP contribution in [0.25, 0.3) is 0 Å². The highest BCUT2D eigenvalue weighted by Gasteiger charge is 2.38. The first-order valence-electron chi connectivity index (χ1n) is 4.42. The quantitative estimate of drug-likeness (QED) is 0.497. The molecule has 1 atom stereocenters. The molecule has 0 bridgehead atoms. The summed E-state index contributed by atoms with van der Waals surface area (Å²) >= 11 is 0. The van der Waals surface area contributed by atoms with Crippen molar-refractivity contribution < 1.29 is 28.5 Å². The topological polar surface area (TPSA) is 72.7 Å². The van der Waals surface area contributed by atoms with Crippen molar-refractivity contribution in [2.45, 2.75) is 19.2 Å². The van der Waals surface area contributed by atoms with Crippen molar-refractivity contribution >= 4 is 0 Å². The molecule has 0 rings (SSSR count). The van der Waals surface area contributed by atoms with Gasteiger partial charge in [0.2, 0.25) is 0 Å². The molecule has 0 fully saturated rings. The van der Waals surface area contributed by atoms with Gasteiger partial charge in [-0.3, -0.25) is 0 Å². The highest BCUT2D eigenvalue weighted by molar-refractivity contribution is 4.77. The summed E-state index contributed by atoms with van der Waals surface area (Å²) in [6.45, 7) is 0.156. The summed E-state index contributed by atoms with van der Waals surface area (Å²) in [4.78, 5) is 0. The van der Waals surface area contributed by atoms with Gasteiger partial charge in [0.05, 0.1) is 13.2 Å². The molecule has 0 aromatic carbocycles.